The molecule has 1 atom stereocenters. The Balaban J connectivity index is 1.74. The summed E-state index contributed by atoms with van der Waals surface area (Å²) in [5.41, 5.74) is 0.910. The number of rotatable bonds is 6. The lowest BCUT2D eigenvalue weighted by atomic mass is 9.81. The Morgan fingerprint density at radius 1 is 1.14 bits per heavy atom. The Morgan fingerprint density at radius 3 is 2.33 bits per heavy atom. The summed E-state index contributed by atoms with van der Waals surface area (Å²) in [4.78, 5) is 0. The quantitative estimate of drug-likeness (QED) is 0.826. The zero-order chi connectivity index (χ0) is 15.3. The summed E-state index contributed by atoms with van der Waals surface area (Å²) in [7, 11) is 0. The molecule has 2 heteroatoms. The fourth-order valence-electron chi connectivity index (χ4n) is 3.67. The highest BCUT2D eigenvalue weighted by Crippen LogP contribution is 2.32. The second-order valence-electron chi connectivity index (χ2n) is 7.44. The number of benzene rings is 1. The number of aliphatic hydroxyl groups is 1. The molecule has 1 saturated carbocycles. The van der Waals surface area contributed by atoms with Crippen molar-refractivity contribution < 1.29 is 5.11 Å². The lowest BCUT2D eigenvalue weighted by molar-refractivity contribution is 0.0344. The van der Waals surface area contributed by atoms with Crippen LogP contribution in [0.4, 0.5) is 0 Å². The normalized spacial score (nSPS) is 25.8. The third kappa shape index (κ3) is 5.44. The van der Waals surface area contributed by atoms with Gasteiger partial charge >= 0.3 is 0 Å². The predicted molar refractivity (Wildman–Crippen MR) is 89.5 cm³/mol. The summed E-state index contributed by atoms with van der Waals surface area (Å²) in [5, 5.41) is 14.0. The van der Waals surface area contributed by atoms with Gasteiger partial charge in [-0.15, -0.1) is 0 Å². The van der Waals surface area contributed by atoms with Crippen LogP contribution in [-0.4, -0.2) is 23.3 Å². The minimum absolute atomic E-state index is 0.538. The van der Waals surface area contributed by atoms with Crippen molar-refractivity contribution in [2.45, 2.75) is 70.4 Å². The van der Waals surface area contributed by atoms with E-state index < -0.39 is 5.60 Å². The van der Waals surface area contributed by atoms with Gasteiger partial charge in [0.1, 0.15) is 0 Å². The molecule has 0 aromatic heterocycles. The number of nitrogens with one attached hydrogen (secondary N) is 1. The molecule has 1 aromatic carbocycles. The highest BCUT2D eigenvalue weighted by atomic mass is 16.3. The largest absolute Gasteiger partial charge is 0.389 e. The van der Waals surface area contributed by atoms with Crippen molar-refractivity contribution in [2.75, 3.05) is 6.54 Å². The highest BCUT2D eigenvalue weighted by Gasteiger charge is 2.26. The first-order valence-electron chi connectivity index (χ1n) is 8.47. The van der Waals surface area contributed by atoms with E-state index in [0.29, 0.717) is 18.5 Å². The topological polar surface area (TPSA) is 32.3 Å². The minimum atomic E-state index is -0.579. The van der Waals surface area contributed by atoms with E-state index >= 15 is 0 Å². The molecule has 0 bridgehead atoms. The molecule has 118 valence electrons. The maximum absolute atomic E-state index is 10.4. The van der Waals surface area contributed by atoms with Crippen LogP contribution in [0, 0.1) is 5.92 Å². The van der Waals surface area contributed by atoms with Crippen LogP contribution in [0.15, 0.2) is 30.3 Å². The zero-order valence-electron chi connectivity index (χ0n) is 13.8. The van der Waals surface area contributed by atoms with Gasteiger partial charge in [-0.1, -0.05) is 44.2 Å². The van der Waals surface area contributed by atoms with E-state index in [2.05, 4.69) is 49.5 Å². The number of hydrogen-bond acceptors (Lipinski definition) is 2. The molecule has 0 radical (unpaired) electrons. The Bertz CT molecular complexity index is 405. The molecule has 1 aliphatic carbocycles. The second kappa shape index (κ2) is 7.42. The van der Waals surface area contributed by atoms with Crippen LogP contribution in [0.25, 0.3) is 0 Å². The molecule has 2 nitrogen and oxygen atoms in total. The molecule has 0 amide bonds. The van der Waals surface area contributed by atoms with Gasteiger partial charge in [0.05, 0.1) is 5.60 Å². The zero-order valence-corrected chi connectivity index (χ0v) is 13.8. The van der Waals surface area contributed by atoms with E-state index in [1.807, 2.05) is 6.92 Å². The Kier molecular flexibility index (Phi) is 5.83. The monoisotopic (exact) mass is 289 g/mol. The van der Waals surface area contributed by atoms with Gasteiger partial charge in [-0.05, 0) is 56.4 Å². The van der Waals surface area contributed by atoms with Crippen LogP contribution < -0.4 is 5.32 Å². The van der Waals surface area contributed by atoms with E-state index in [1.54, 1.807) is 0 Å². The van der Waals surface area contributed by atoms with Crippen molar-refractivity contribution in [3.63, 3.8) is 0 Å². The SMILES string of the molecule is CC(C)CC(C)(O)CNC1CCC(c2ccccc2)CC1. The second-order valence-corrected chi connectivity index (χ2v) is 7.44. The molecule has 1 unspecified atom stereocenters. The van der Waals surface area contributed by atoms with Crippen LogP contribution >= 0.6 is 0 Å². The average molecular weight is 289 g/mol. The minimum Gasteiger partial charge on any atom is -0.389 e. The molecule has 0 spiro atoms. The maximum Gasteiger partial charge on any atom is 0.0746 e. The summed E-state index contributed by atoms with van der Waals surface area (Å²) in [5.74, 6) is 1.26. The molecule has 1 fully saturated rings. The van der Waals surface area contributed by atoms with Gasteiger partial charge in [0.2, 0.25) is 0 Å². The molecule has 0 heterocycles. The van der Waals surface area contributed by atoms with E-state index in [0.717, 1.165) is 12.3 Å². The van der Waals surface area contributed by atoms with Gasteiger partial charge in [0.15, 0.2) is 0 Å². The van der Waals surface area contributed by atoms with Gasteiger partial charge < -0.3 is 10.4 Å². The molecule has 1 aliphatic rings. The van der Waals surface area contributed by atoms with Crippen LogP contribution in [-0.2, 0) is 0 Å². The Hall–Kier alpha value is -0.860. The molecule has 0 saturated heterocycles. The van der Waals surface area contributed by atoms with Gasteiger partial charge in [0.25, 0.3) is 0 Å². The molecular formula is C19H31NO. The van der Waals surface area contributed by atoms with Crippen molar-refractivity contribution in [3.05, 3.63) is 35.9 Å². The summed E-state index contributed by atoms with van der Waals surface area (Å²) < 4.78 is 0. The fourth-order valence-corrected chi connectivity index (χ4v) is 3.67. The molecule has 2 N–H and O–H groups in total. The summed E-state index contributed by atoms with van der Waals surface area (Å²) in [6.45, 7) is 7.00. The first-order valence-corrected chi connectivity index (χ1v) is 8.47. The highest BCUT2D eigenvalue weighted by molar-refractivity contribution is 5.20. The molecule has 21 heavy (non-hydrogen) atoms. The van der Waals surface area contributed by atoms with Crippen molar-refractivity contribution >= 4 is 0 Å². The predicted octanol–water partition coefficient (Wildman–Crippen LogP) is 4.10. The number of hydrogen-bond donors (Lipinski definition) is 2. The first-order chi connectivity index (χ1) is 9.96. The molecule has 0 aliphatic heterocycles. The lowest BCUT2D eigenvalue weighted by Crippen LogP contribution is -2.44. The summed E-state index contributed by atoms with van der Waals surface area (Å²) >= 11 is 0. The lowest BCUT2D eigenvalue weighted by Gasteiger charge is -2.33. The molecule has 1 aromatic rings. The van der Waals surface area contributed by atoms with Gasteiger partial charge in [-0.3, -0.25) is 0 Å². The van der Waals surface area contributed by atoms with E-state index in [-0.39, 0.29) is 0 Å². The average Bonchev–Trinajstić information content (AvgIpc) is 2.45. The van der Waals surface area contributed by atoms with Gasteiger partial charge in [-0.2, -0.15) is 0 Å². The fraction of sp³-hybridized carbons (Fsp3) is 0.684. The van der Waals surface area contributed by atoms with Crippen molar-refractivity contribution in [1.29, 1.82) is 0 Å². The van der Waals surface area contributed by atoms with Crippen molar-refractivity contribution in [2.24, 2.45) is 5.92 Å². The van der Waals surface area contributed by atoms with Crippen LogP contribution in [0.2, 0.25) is 0 Å². The standard InChI is InChI=1S/C19H31NO/c1-15(2)13-19(3,21)14-20-18-11-9-17(10-12-18)16-7-5-4-6-8-16/h4-8,15,17-18,20-21H,9-14H2,1-3H3. The van der Waals surface area contributed by atoms with Crippen LogP contribution in [0.1, 0.15) is 64.4 Å². The van der Waals surface area contributed by atoms with E-state index in [4.69, 9.17) is 0 Å². The Morgan fingerprint density at radius 2 is 1.76 bits per heavy atom. The van der Waals surface area contributed by atoms with Gasteiger partial charge in [-0.25, -0.2) is 0 Å². The third-order valence-electron chi connectivity index (χ3n) is 4.62. The smallest absolute Gasteiger partial charge is 0.0746 e. The third-order valence-corrected chi connectivity index (χ3v) is 4.62. The molecular weight excluding hydrogens is 258 g/mol. The summed E-state index contributed by atoms with van der Waals surface area (Å²) in [6.07, 6.45) is 5.82. The van der Waals surface area contributed by atoms with E-state index in [9.17, 15) is 5.11 Å². The summed E-state index contributed by atoms with van der Waals surface area (Å²) in [6, 6.07) is 11.5. The maximum atomic E-state index is 10.4. The Labute approximate surface area is 130 Å². The van der Waals surface area contributed by atoms with Crippen LogP contribution in [0.5, 0.6) is 0 Å². The van der Waals surface area contributed by atoms with Crippen molar-refractivity contribution in [1.82, 2.24) is 5.32 Å². The first kappa shape index (κ1) is 16.5. The van der Waals surface area contributed by atoms with Crippen molar-refractivity contribution in [3.8, 4) is 0 Å². The van der Waals surface area contributed by atoms with Gasteiger partial charge in [0, 0.05) is 12.6 Å². The molecule has 2 rings (SSSR count). The van der Waals surface area contributed by atoms with E-state index in [1.165, 1.54) is 31.2 Å². The van der Waals surface area contributed by atoms with Crippen LogP contribution in [0.3, 0.4) is 0 Å².